The number of ether oxygens (including phenoxy) is 1. The van der Waals surface area contributed by atoms with E-state index in [0.29, 0.717) is 26.3 Å². The van der Waals surface area contributed by atoms with E-state index in [1.54, 1.807) is 36.4 Å². The predicted molar refractivity (Wildman–Crippen MR) is 103 cm³/mol. The minimum atomic E-state index is -3.50. The first-order chi connectivity index (χ1) is 13.0. The second-order valence-corrected chi connectivity index (χ2v) is 8.88. The number of thiazole rings is 1. The number of benzene rings is 2. The number of aromatic nitrogens is 1. The summed E-state index contributed by atoms with van der Waals surface area (Å²) in [5.74, 6) is -0.285. The molecule has 140 valence electrons. The first-order valence-corrected chi connectivity index (χ1v) is 10.8. The quantitative estimate of drug-likeness (QED) is 0.666. The maximum absolute atomic E-state index is 13.1. The first kappa shape index (κ1) is 18.2. The lowest BCUT2D eigenvalue weighted by Gasteiger charge is -2.26. The minimum absolute atomic E-state index is 0.266. The van der Waals surface area contributed by atoms with Gasteiger partial charge in [-0.25, -0.2) is 17.8 Å². The third-order valence-electron chi connectivity index (χ3n) is 4.35. The maximum atomic E-state index is 13.1. The van der Waals surface area contributed by atoms with Crippen molar-refractivity contribution in [1.29, 1.82) is 0 Å². The molecule has 0 atom stereocenters. The fraction of sp³-hybridized carbons (Fsp3) is 0.211. The highest BCUT2D eigenvalue weighted by atomic mass is 32.2. The van der Waals surface area contributed by atoms with Gasteiger partial charge in [0.2, 0.25) is 10.0 Å². The summed E-state index contributed by atoms with van der Waals surface area (Å²) in [6, 6.07) is 12.9. The molecule has 0 bridgehead atoms. The molecule has 4 rings (SSSR count). The van der Waals surface area contributed by atoms with E-state index in [1.807, 2.05) is 5.38 Å². The van der Waals surface area contributed by atoms with Crippen molar-refractivity contribution < 1.29 is 17.5 Å². The van der Waals surface area contributed by atoms with E-state index in [4.69, 9.17) is 4.74 Å². The van der Waals surface area contributed by atoms with Crippen molar-refractivity contribution in [3.8, 4) is 21.8 Å². The molecule has 0 unspecified atom stereocenters. The second kappa shape index (κ2) is 7.47. The highest BCUT2D eigenvalue weighted by Crippen LogP contribution is 2.30. The van der Waals surface area contributed by atoms with Crippen LogP contribution in [0, 0.1) is 5.82 Å². The number of nitrogens with zero attached hydrogens (tertiary/aromatic N) is 2. The molecule has 2 heterocycles. The Labute approximate surface area is 161 Å². The standard InChI is InChI=1S/C19H17FN2O3S2/c20-16-5-1-15(2-6-16)19-21-18(13-26-19)14-3-7-17(8-4-14)27(23,24)22-9-11-25-12-10-22/h1-8,13H,9-12H2. The molecule has 1 aliphatic heterocycles. The van der Waals surface area contributed by atoms with E-state index in [0.717, 1.165) is 21.8 Å². The van der Waals surface area contributed by atoms with E-state index in [-0.39, 0.29) is 10.7 Å². The van der Waals surface area contributed by atoms with Gasteiger partial charge in [-0.15, -0.1) is 11.3 Å². The van der Waals surface area contributed by atoms with Crippen LogP contribution in [0.4, 0.5) is 4.39 Å². The zero-order valence-electron chi connectivity index (χ0n) is 14.3. The summed E-state index contributed by atoms with van der Waals surface area (Å²) in [4.78, 5) is 4.85. The molecule has 8 heteroatoms. The van der Waals surface area contributed by atoms with E-state index in [9.17, 15) is 12.8 Å². The van der Waals surface area contributed by atoms with Crippen molar-refractivity contribution in [3.05, 3.63) is 59.7 Å². The lowest BCUT2D eigenvalue weighted by Crippen LogP contribution is -2.40. The van der Waals surface area contributed by atoms with Gasteiger partial charge in [0.05, 0.1) is 23.8 Å². The maximum Gasteiger partial charge on any atom is 0.243 e. The lowest BCUT2D eigenvalue weighted by molar-refractivity contribution is 0.0730. The van der Waals surface area contributed by atoms with Crippen LogP contribution >= 0.6 is 11.3 Å². The Morgan fingerprint density at radius 3 is 2.26 bits per heavy atom. The molecule has 0 radical (unpaired) electrons. The zero-order valence-corrected chi connectivity index (χ0v) is 16.0. The molecular weight excluding hydrogens is 387 g/mol. The molecule has 1 aromatic heterocycles. The van der Waals surface area contributed by atoms with Crippen molar-refractivity contribution in [1.82, 2.24) is 9.29 Å². The molecule has 0 saturated carbocycles. The van der Waals surface area contributed by atoms with Gasteiger partial charge >= 0.3 is 0 Å². The number of sulfonamides is 1. The Morgan fingerprint density at radius 1 is 0.963 bits per heavy atom. The highest BCUT2D eigenvalue weighted by molar-refractivity contribution is 7.89. The van der Waals surface area contributed by atoms with Crippen LogP contribution < -0.4 is 0 Å². The van der Waals surface area contributed by atoms with Crippen LogP contribution in [0.1, 0.15) is 0 Å². The van der Waals surface area contributed by atoms with E-state index < -0.39 is 10.0 Å². The fourth-order valence-corrected chi connectivity index (χ4v) is 5.11. The van der Waals surface area contributed by atoms with Crippen molar-refractivity contribution >= 4 is 21.4 Å². The normalized spacial score (nSPS) is 15.7. The minimum Gasteiger partial charge on any atom is -0.379 e. The van der Waals surface area contributed by atoms with Gasteiger partial charge in [0.1, 0.15) is 10.8 Å². The van der Waals surface area contributed by atoms with Crippen LogP contribution in [0.15, 0.2) is 58.8 Å². The van der Waals surface area contributed by atoms with Crippen LogP contribution in [0.3, 0.4) is 0 Å². The van der Waals surface area contributed by atoms with Gasteiger partial charge in [-0.05, 0) is 36.4 Å². The van der Waals surface area contributed by atoms with Gasteiger partial charge in [0.15, 0.2) is 0 Å². The summed E-state index contributed by atoms with van der Waals surface area (Å²) < 4.78 is 45.1. The van der Waals surface area contributed by atoms with E-state index in [1.165, 1.54) is 27.8 Å². The summed E-state index contributed by atoms with van der Waals surface area (Å²) in [5.41, 5.74) is 2.44. The largest absolute Gasteiger partial charge is 0.379 e. The van der Waals surface area contributed by atoms with Gasteiger partial charge in [0, 0.05) is 29.6 Å². The molecule has 1 saturated heterocycles. The Bertz CT molecular complexity index is 1030. The lowest BCUT2D eigenvalue weighted by atomic mass is 10.2. The van der Waals surface area contributed by atoms with Crippen LogP contribution in [-0.4, -0.2) is 44.0 Å². The molecule has 1 fully saturated rings. The van der Waals surface area contributed by atoms with Crippen LogP contribution in [-0.2, 0) is 14.8 Å². The predicted octanol–water partition coefficient (Wildman–Crippen LogP) is 3.64. The Balaban J connectivity index is 1.57. The summed E-state index contributed by atoms with van der Waals surface area (Å²) in [7, 11) is -3.50. The highest BCUT2D eigenvalue weighted by Gasteiger charge is 2.26. The fourth-order valence-electron chi connectivity index (χ4n) is 2.87. The average Bonchev–Trinajstić information content (AvgIpc) is 3.19. The monoisotopic (exact) mass is 404 g/mol. The van der Waals surface area contributed by atoms with E-state index >= 15 is 0 Å². The van der Waals surface area contributed by atoms with Gasteiger partial charge in [0.25, 0.3) is 0 Å². The molecule has 0 spiro atoms. The zero-order chi connectivity index (χ0) is 18.9. The second-order valence-electron chi connectivity index (χ2n) is 6.09. The third-order valence-corrected chi connectivity index (χ3v) is 7.16. The van der Waals surface area contributed by atoms with Gasteiger partial charge in [-0.2, -0.15) is 4.31 Å². The molecular formula is C19H17FN2O3S2. The van der Waals surface area contributed by atoms with E-state index in [2.05, 4.69) is 4.98 Å². The Hall–Kier alpha value is -2.13. The summed E-state index contributed by atoms with van der Waals surface area (Å²) in [5, 5.41) is 2.69. The first-order valence-electron chi connectivity index (χ1n) is 8.44. The van der Waals surface area contributed by atoms with Crippen LogP contribution in [0.25, 0.3) is 21.8 Å². The topological polar surface area (TPSA) is 59.5 Å². The van der Waals surface area contributed by atoms with Crippen molar-refractivity contribution in [3.63, 3.8) is 0 Å². The smallest absolute Gasteiger partial charge is 0.243 e. The Kier molecular flexibility index (Phi) is 5.05. The molecule has 0 N–H and O–H groups in total. The van der Waals surface area contributed by atoms with Crippen molar-refractivity contribution in [2.24, 2.45) is 0 Å². The summed E-state index contributed by atoms with van der Waals surface area (Å²) >= 11 is 1.46. The summed E-state index contributed by atoms with van der Waals surface area (Å²) in [6.07, 6.45) is 0. The molecule has 2 aromatic carbocycles. The van der Waals surface area contributed by atoms with Crippen LogP contribution in [0.5, 0.6) is 0 Å². The molecule has 27 heavy (non-hydrogen) atoms. The number of rotatable bonds is 4. The number of hydrogen-bond donors (Lipinski definition) is 0. The molecule has 1 aliphatic rings. The molecule has 5 nitrogen and oxygen atoms in total. The average molecular weight is 404 g/mol. The van der Waals surface area contributed by atoms with Crippen molar-refractivity contribution in [2.75, 3.05) is 26.3 Å². The van der Waals surface area contributed by atoms with Gasteiger partial charge < -0.3 is 4.74 Å². The molecule has 3 aromatic rings. The number of morpholine rings is 1. The van der Waals surface area contributed by atoms with Crippen LogP contribution in [0.2, 0.25) is 0 Å². The molecule has 0 aliphatic carbocycles. The number of hydrogen-bond acceptors (Lipinski definition) is 5. The summed E-state index contributed by atoms with van der Waals surface area (Å²) in [6.45, 7) is 1.58. The van der Waals surface area contributed by atoms with Crippen molar-refractivity contribution in [2.45, 2.75) is 4.90 Å². The van der Waals surface area contributed by atoms with Gasteiger partial charge in [-0.1, -0.05) is 12.1 Å². The molecule has 0 amide bonds. The van der Waals surface area contributed by atoms with Gasteiger partial charge in [-0.3, -0.25) is 0 Å². The Morgan fingerprint density at radius 2 is 1.59 bits per heavy atom. The number of halogens is 1. The third kappa shape index (κ3) is 3.79. The SMILES string of the molecule is O=S(=O)(c1ccc(-c2csc(-c3ccc(F)cc3)n2)cc1)N1CCOCC1.